The molecule has 5 heteroatoms. The van der Waals surface area contributed by atoms with Crippen molar-refractivity contribution in [1.82, 2.24) is 0 Å². The van der Waals surface area contributed by atoms with E-state index >= 15 is 0 Å². The third-order valence-electron chi connectivity index (χ3n) is 3.44. The second-order valence-corrected chi connectivity index (χ2v) is 4.79. The van der Waals surface area contributed by atoms with Gasteiger partial charge in [-0.1, -0.05) is 6.07 Å². The second kappa shape index (κ2) is 4.26. The molecule has 5 nitrogen and oxygen atoms in total. The topological polar surface area (TPSA) is 61.8 Å². The van der Waals surface area contributed by atoms with Gasteiger partial charge in [-0.3, -0.25) is 4.79 Å². The molecule has 0 bridgehead atoms. The molecule has 1 amide bonds. The number of fused-ring (bicyclic) bond motifs is 1. The molecule has 0 spiro atoms. The number of ether oxygens (including phenoxy) is 1. The first-order valence-corrected chi connectivity index (χ1v) is 6.14. The van der Waals surface area contributed by atoms with Gasteiger partial charge in [0, 0.05) is 30.0 Å². The molecule has 2 atom stereocenters. The number of amides is 1. The Morgan fingerprint density at radius 3 is 3.11 bits per heavy atom. The summed E-state index contributed by atoms with van der Waals surface area (Å²) >= 11 is 0. The minimum atomic E-state index is -1.03. The molecule has 18 heavy (non-hydrogen) atoms. The molecule has 1 aromatic rings. The fraction of sp³-hybridized carbons (Fsp3) is 0.462. The fourth-order valence-corrected chi connectivity index (χ4v) is 2.48. The Morgan fingerprint density at radius 2 is 2.33 bits per heavy atom. The summed E-state index contributed by atoms with van der Waals surface area (Å²) in [7, 11) is 0. The van der Waals surface area contributed by atoms with Crippen molar-refractivity contribution in [2.24, 2.45) is 0 Å². The lowest BCUT2D eigenvalue weighted by atomic mass is 10.1. The number of carbonyl (C=O) groups is 1. The number of aliphatic hydroxyl groups excluding tert-OH is 1. The molecule has 1 aromatic carbocycles. The molecular weight excluding hydrogens is 232 g/mol. The van der Waals surface area contributed by atoms with E-state index in [9.17, 15) is 9.90 Å². The predicted molar refractivity (Wildman–Crippen MR) is 67.7 cm³/mol. The number of anilines is 2. The van der Waals surface area contributed by atoms with Crippen molar-refractivity contribution in [2.75, 3.05) is 29.9 Å². The molecule has 96 valence electrons. The molecular formula is C13H16N2O3. The first kappa shape index (κ1) is 11.5. The van der Waals surface area contributed by atoms with Crippen molar-refractivity contribution in [3.63, 3.8) is 0 Å². The van der Waals surface area contributed by atoms with E-state index in [0.717, 1.165) is 18.8 Å². The second-order valence-electron chi connectivity index (χ2n) is 4.79. The van der Waals surface area contributed by atoms with Crippen molar-refractivity contribution >= 4 is 17.3 Å². The standard InChI is InChI=1S/C13H16N2O3/c1-8-7-15(4-5-18-8)9-2-3-10-11(6-9)14-13(17)12(10)16/h2-3,6,8,12,16H,4-5,7H2,1H3,(H,14,17). The third kappa shape index (κ3) is 1.85. The molecule has 0 radical (unpaired) electrons. The molecule has 2 heterocycles. The van der Waals surface area contributed by atoms with Gasteiger partial charge in [-0.2, -0.15) is 0 Å². The quantitative estimate of drug-likeness (QED) is 0.775. The molecule has 2 aliphatic heterocycles. The lowest BCUT2D eigenvalue weighted by Gasteiger charge is -2.33. The zero-order chi connectivity index (χ0) is 12.7. The van der Waals surface area contributed by atoms with Crippen molar-refractivity contribution in [3.8, 4) is 0 Å². The lowest BCUT2D eigenvalue weighted by molar-refractivity contribution is -0.123. The molecule has 2 N–H and O–H groups in total. The molecule has 1 saturated heterocycles. The number of rotatable bonds is 1. The fourth-order valence-electron chi connectivity index (χ4n) is 2.48. The van der Waals surface area contributed by atoms with E-state index in [1.165, 1.54) is 0 Å². The van der Waals surface area contributed by atoms with Gasteiger partial charge in [-0.25, -0.2) is 0 Å². The predicted octanol–water partition coefficient (Wildman–Crippen LogP) is 0.897. The van der Waals surface area contributed by atoms with E-state index in [4.69, 9.17) is 4.74 Å². The van der Waals surface area contributed by atoms with E-state index < -0.39 is 6.10 Å². The van der Waals surface area contributed by atoms with E-state index in [1.807, 2.05) is 25.1 Å². The minimum Gasteiger partial charge on any atom is -0.378 e. The Morgan fingerprint density at radius 1 is 1.50 bits per heavy atom. The Bertz CT molecular complexity index is 489. The lowest BCUT2D eigenvalue weighted by Crippen LogP contribution is -2.41. The zero-order valence-corrected chi connectivity index (χ0v) is 10.2. The van der Waals surface area contributed by atoms with Gasteiger partial charge in [0.05, 0.1) is 12.7 Å². The summed E-state index contributed by atoms with van der Waals surface area (Å²) in [5.41, 5.74) is 2.42. The molecule has 0 aromatic heterocycles. The van der Waals surface area contributed by atoms with Gasteiger partial charge in [-0.15, -0.1) is 0 Å². The van der Waals surface area contributed by atoms with Crippen molar-refractivity contribution in [2.45, 2.75) is 19.1 Å². The molecule has 0 saturated carbocycles. The molecule has 3 rings (SSSR count). The number of nitrogens with one attached hydrogen (secondary N) is 1. The number of hydrogen-bond acceptors (Lipinski definition) is 4. The first-order valence-electron chi connectivity index (χ1n) is 6.14. The summed E-state index contributed by atoms with van der Waals surface area (Å²) in [5, 5.41) is 12.3. The maximum Gasteiger partial charge on any atom is 0.257 e. The van der Waals surface area contributed by atoms with Gasteiger partial charge < -0.3 is 20.1 Å². The van der Waals surface area contributed by atoms with Gasteiger partial charge in [0.15, 0.2) is 6.10 Å². The maximum atomic E-state index is 11.4. The number of nitrogens with zero attached hydrogens (tertiary/aromatic N) is 1. The minimum absolute atomic E-state index is 0.215. The summed E-state index contributed by atoms with van der Waals surface area (Å²) in [6.07, 6.45) is -0.815. The van der Waals surface area contributed by atoms with Crippen molar-refractivity contribution < 1.29 is 14.6 Å². The highest BCUT2D eigenvalue weighted by molar-refractivity contribution is 6.02. The van der Waals surface area contributed by atoms with E-state index in [-0.39, 0.29) is 12.0 Å². The largest absolute Gasteiger partial charge is 0.378 e. The van der Waals surface area contributed by atoms with Crippen LogP contribution in [-0.2, 0) is 9.53 Å². The summed E-state index contributed by atoms with van der Waals surface area (Å²) in [5.74, 6) is -0.350. The number of morpholine rings is 1. The van der Waals surface area contributed by atoms with Crippen LogP contribution in [0.15, 0.2) is 18.2 Å². The van der Waals surface area contributed by atoms with Crippen LogP contribution in [0.3, 0.4) is 0 Å². The van der Waals surface area contributed by atoms with Crippen LogP contribution in [0, 0.1) is 0 Å². The normalized spacial score (nSPS) is 27.0. The van der Waals surface area contributed by atoms with Gasteiger partial charge >= 0.3 is 0 Å². The maximum absolute atomic E-state index is 11.4. The van der Waals surface area contributed by atoms with Gasteiger partial charge in [0.25, 0.3) is 5.91 Å². The van der Waals surface area contributed by atoms with Crippen molar-refractivity contribution in [3.05, 3.63) is 23.8 Å². The Labute approximate surface area is 105 Å². The smallest absolute Gasteiger partial charge is 0.257 e. The van der Waals surface area contributed by atoms with Crippen LogP contribution in [-0.4, -0.2) is 36.8 Å². The summed E-state index contributed by atoms with van der Waals surface area (Å²) in [4.78, 5) is 13.6. The molecule has 1 fully saturated rings. The summed E-state index contributed by atoms with van der Waals surface area (Å²) in [6.45, 7) is 4.45. The van der Waals surface area contributed by atoms with Crippen molar-refractivity contribution in [1.29, 1.82) is 0 Å². The van der Waals surface area contributed by atoms with Crippen LogP contribution in [0.25, 0.3) is 0 Å². The van der Waals surface area contributed by atoms with Gasteiger partial charge in [0.1, 0.15) is 0 Å². The number of hydrogen-bond donors (Lipinski definition) is 2. The number of benzene rings is 1. The third-order valence-corrected chi connectivity index (χ3v) is 3.44. The SMILES string of the molecule is CC1CN(c2ccc3c(c2)NC(=O)C3O)CCO1. The molecule has 2 aliphatic rings. The van der Waals surface area contributed by atoms with Gasteiger partial charge in [0.2, 0.25) is 0 Å². The Kier molecular flexibility index (Phi) is 2.72. The van der Waals surface area contributed by atoms with Crippen LogP contribution in [0.2, 0.25) is 0 Å². The summed E-state index contributed by atoms with van der Waals surface area (Å²) < 4.78 is 5.50. The Balaban J connectivity index is 1.87. The van der Waals surface area contributed by atoms with E-state index in [1.54, 1.807) is 0 Å². The average Bonchev–Trinajstić information content (AvgIpc) is 2.65. The van der Waals surface area contributed by atoms with Crippen LogP contribution in [0.4, 0.5) is 11.4 Å². The molecule has 0 aliphatic carbocycles. The number of aliphatic hydroxyl groups is 1. The monoisotopic (exact) mass is 248 g/mol. The Hall–Kier alpha value is -1.59. The highest BCUT2D eigenvalue weighted by Crippen LogP contribution is 2.34. The zero-order valence-electron chi connectivity index (χ0n) is 10.2. The number of carbonyl (C=O) groups excluding carboxylic acids is 1. The average molecular weight is 248 g/mol. The van der Waals surface area contributed by atoms with Gasteiger partial charge in [-0.05, 0) is 19.1 Å². The highest BCUT2D eigenvalue weighted by atomic mass is 16.5. The van der Waals surface area contributed by atoms with Crippen LogP contribution < -0.4 is 10.2 Å². The summed E-state index contributed by atoms with van der Waals surface area (Å²) in [6, 6.07) is 5.68. The van der Waals surface area contributed by atoms with E-state index in [0.29, 0.717) is 17.9 Å². The van der Waals surface area contributed by atoms with Crippen LogP contribution in [0.1, 0.15) is 18.6 Å². The first-order chi connectivity index (χ1) is 8.65. The highest BCUT2D eigenvalue weighted by Gasteiger charge is 2.29. The molecule has 2 unspecified atom stereocenters. The van der Waals surface area contributed by atoms with E-state index in [2.05, 4.69) is 10.2 Å². The van der Waals surface area contributed by atoms with Crippen LogP contribution in [0.5, 0.6) is 0 Å². The van der Waals surface area contributed by atoms with Crippen LogP contribution >= 0.6 is 0 Å².